The summed E-state index contributed by atoms with van der Waals surface area (Å²) < 4.78 is 1.80. The first-order valence-electron chi connectivity index (χ1n) is 10.4. The maximum Gasteiger partial charge on any atom is 0.267 e. The molecule has 1 N–H and O–H groups in total. The first-order chi connectivity index (χ1) is 15.0. The van der Waals surface area contributed by atoms with Crippen LogP contribution in [0.1, 0.15) is 45.9 Å². The molecule has 4 heterocycles. The van der Waals surface area contributed by atoms with Gasteiger partial charge in [0.15, 0.2) is 5.13 Å². The van der Waals surface area contributed by atoms with Crippen LogP contribution in [0.25, 0.3) is 21.5 Å². The number of anilines is 1. The van der Waals surface area contributed by atoms with Crippen LogP contribution < -0.4 is 10.9 Å². The number of benzene rings is 1. The minimum atomic E-state index is -0.245. The average Bonchev–Trinajstić information content (AvgIpc) is 3.26. The van der Waals surface area contributed by atoms with Gasteiger partial charge in [-0.05, 0) is 32.3 Å². The molecule has 0 aliphatic carbocycles. The Morgan fingerprint density at radius 2 is 1.90 bits per heavy atom. The number of thiophene rings is 1. The molecule has 0 radical (unpaired) electrons. The first kappa shape index (κ1) is 20.1. The number of rotatable bonds is 3. The fourth-order valence-electron chi connectivity index (χ4n) is 3.97. The zero-order valence-corrected chi connectivity index (χ0v) is 19.0. The van der Waals surface area contributed by atoms with E-state index in [1.165, 1.54) is 28.2 Å². The third kappa shape index (κ3) is 3.70. The van der Waals surface area contributed by atoms with E-state index in [0.29, 0.717) is 32.3 Å². The summed E-state index contributed by atoms with van der Waals surface area (Å²) in [6.45, 7) is 4.58. The number of thiazole rings is 1. The zero-order valence-electron chi connectivity index (χ0n) is 17.4. The molecule has 3 aromatic heterocycles. The van der Waals surface area contributed by atoms with Crippen LogP contribution in [0.4, 0.5) is 5.13 Å². The monoisotopic (exact) mass is 450 g/mol. The topological polar surface area (TPSA) is 76.9 Å². The van der Waals surface area contributed by atoms with Gasteiger partial charge >= 0.3 is 0 Å². The lowest BCUT2D eigenvalue weighted by Gasteiger charge is -2.08. The van der Waals surface area contributed by atoms with Gasteiger partial charge in [-0.3, -0.25) is 19.5 Å². The molecular formula is C23H22N4O2S2. The molecule has 0 fully saturated rings. The summed E-state index contributed by atoms with van der Waals surface area (Å²) in [5.74, 6) is 0.593. The number of carbonyl (C=O) groups is 1. The fourth-order valence-corrected chi connectivity index (χ4v) is 5.77. The molecule has 158 valence electrons. The summed E-state index contributed by atoms with van der Waals surface area (Å²) in [5.41, 5.74) is 3.71. The van der Waals surface area contributed by atoms with Gasteiger partial charge in [0, 0.05) is 23.9 Å². The largest absolute Gasteiger partial charge is 0.297 e. The Morgan fingerprint density at radius 3 is 2.71 bits per heavy atom. The Labute approximate surface area is 187 Å². The highest BCUT2D eigenvalue weighted by Crippen LogP contribution is 2.30. The van der Waals surface area contributed by atoms with E-state index in [-0.39, 0.29) is 11.5 Å². The van der Waals surface area contributed by atoms with E-state index in [1.807, 2.05) is 43.5 Å². The molecule has 1 amide bonds. The van der Waals surface area contributed by atoms with Crippen molar-refractivity contribution in [2.24, 2.45) is 0 Å². The van der Waals surface area contributed by atoms with Gasteiger partial charge in [0.25, 0.3) is 11.5 Å². The van der Waals surface area contributed by atoms with Crippen molar-refractivity contribution in [2.75, 3.05) is 5.32 Å². The number of nitrogens with zero attached hydrogens (tertiary/aromatic N) is 3. The maximum absolute atomic E-state index is 13.1. The summed E-state index contributed by atoms with van der Waals surface area (Å²) in [6.07, 6.45) is 3.96. The molecule has 1 aliphatic heterocycles. The van der Waals surface area contributed by atoms with Crippen molar-refractivity contribution in [3.8, 4) is 11.3 Å². The van der Waals surface area contributed by atoms with Crippen LogP contribution in [0.2, 0.25) is 0 Å². The number of aromatic nitrogens is 3. The van der Waals surface area contributed by atoms with Crippen LogP contribution in [0.15, 0.2) is 34.4 Å². The SMILES string of the molecule is Cc1ccc(-c2csc(NC(=O)c3sc4nc5n(c(=O)c4c3C)CCCCC5)n2)cc1. The van der Waals surface area contributed by atoms with Crippen molar-refractivity contribution < 1.29 is 4.79 Å². The van der Waals surface area contributed by atoms with E-state index in [0.717, 1.165) is 42.8 Å². The van der Waals surface area contributed by atoms with Gasteiger partial charge in [-0.25, -0.2) is 9.97 Å². The lowest BCUT2D eigenvalue weighted by Crippen LogP contribution is -2.24. The Morgan fingerprint density at radius 1 is 1.10 bits per heavy atom. The maximum atomic E-state index is 13.1. The van der Waals surface area contributed by atoms with Crippen LogP contribution in [0.5, 0.6) is 0 Å². The number of aryl methyl sites for hydroxylation is 3. The molecule has 0 saturated heterocycles. The van der Waals surface area contributed by atoms with E-state index in [4.69, 9.17) is 4.98 Å². The normalized spacial score (nSPS) is 13.7. The average molecular weight is 451 g/mol. The van der Waals surface area contributed by atoms with Crippen molar-refractivity contribution in [3.05, 3.63) is 61.8 Å². The molecule has 31 heavy (non-hydrogen) atoms. The van der Waals surface area contributed by atoms with Crippen LogP contribution in [-0.4, -0.2) is 20.4 Å². The third-order valence-electron chi connectivity index (χ3n) is 5.69. The van der Waals surface area contributed by atoms with Crippen molar-refractivity contribution in [3.63, 3.8) is 0 Å². The number of hydrogen-bond donors (Lipinski definition) is 1. The molecule has 1 aliphatic rings. The highest BCUT2D eigenvalue weighted by Gasteiger charge is 2.23. The molecule has 0 spiro atoms. The second kappa shape index (κ2) is 8.01. The van der Waals surface area contributed by atoms with Gasteiger partial charge in [-0.2, -0.15) is 0 Å². The van der Waals surface area contributed by atoms with Crippen molar-refractivity contribution in [1.82, 2.24) is 14.5 Å². The smallest absolute Gasteiger partial charge is 0.267 e. The van der Waals surface area contributed by atoms with Gasteiger partial charge in [0.1, 0.15) is 10.7 Å². The predicted molar refractivity (Wildman–Crippen MR) is 126 cm³/mol. The fraction of sp³-hybridized carbons (Fsp3) is 0.304. The Hall–Kier alpha value is -2.84. The van der Waals surface area contributed by atoms with Gasteiger partial charge in [-0.1, -0.05) is 36.2 Å². The van der Waals surface area contributed by atoms with Crippen LogP contribution in [0, 0.1) is 13.8 Å². The van der Waals surface area contributed by atoms with Gasteiger partial charge in [0.05, 0.1) is 16.0 Å². The first-order valence-corrected chi connectivity index (χ1v) is 12.1. The van der Waals surface area contributed by atoms with Crippen molar-refractivity contribution in [2.45, 2.75) is 46.1 Å². The van der Waals surface area contributed by atoms with E-state index in [2.05, 4.69) is 10.3 Å². The van der Waals surface area contributed by atoms with E-state index < -0.39 is 0 Å². The minimum Gasteiger partial charge on any atom is -0.297 e. The molecule has 6 nitrogen and oxygen atoms in total. The Bertz CT molecular complexity index is 1350. The van der Waals surface area contributed by atoms with Crippen LogP contribution in [-0.2, 0) is 13.0 Å². The Kier molecular flexibility index (Phi) is 5.19. The van der Waals surface area contributed by atoms with Crippen molar-refractivity contribution in [1.29, 1.82) is 0 Å². The quantitative estimate of drug-likeness (QED) is 0.467. The summed E-state index contributed by atoms with van der Waals surface area (Å²) in [4.78, 5) is 36.6. The summed E-state index contributed by atoms with van der Waals surface area (Å²) in [7, 11) is 0. The van der Waals surface area contributed by atoms with Gasteiger partial charge < -0.3 is 0 Å². The molecule has 4 aromatic rings. The molecular weight excluding hydrogens is 428 g/mol. The number of nitrogens with one attached hydrogen (secondary N) is 1. The number of fused-ring (bicyclic) bond motifs is 2. The highest BCUT2D eigenvalue weighted by atomic mass is 32.1. The standard InChI is InChI=1S/C23H22N4O2S2/c1-13-7-9-15(10-8-13)16-12-30-23(24-16)26-20(28)19-14(2)18-21(31-19)25-17-6-4-3-5-11-27(17)22(18)29/h7-10,12H,3-6,11H2,1-2H3,(H,24,26,28). The molecule has 5 rings (SSSR count). The Balaban J connectivity index is 1.45. The zero-order chi connectivity index (χ0) is 21.5. The lowest BCUT2D eigenvalue weighted by atomic mass is 10.1. The van der Waals surface area contributed by atoms with Crippen molar-refractivity contribution >= 4 is 43.9 Å². The van der Waals surface area contributed by atoms with E-state index in [9.17, 15) is 9.59 Å². The summed E-state index contributed by atoms with van der Waals surface area (Å²) in [5, 5.41) is 5.95. The highest BCUT2D eigenvalue weighted by molar-refractivity contribution is 7.21. The molecule has 8 heteroatoms. The molecule has 0 atom stereocenters. The second-order valence-electron chi connectivity index (χ2n) is 7.89. The van der Waals surface area contributed by atoms with Gasteiger partial charge in [0.2, 0.25) is 0 Å². The summed E-state index contributed by atoms with van der Waals surface area (Å²) >= 11 is 2.68. The van der Waals surface area contributed by atoms with Crippen LogP contribution >= 0.6 is 22.7 Å². The molecule has 1 aromatic carbocycles. The van der Waals surface area contributed by atoms with E-state index >= 15 is 0 Å². The molecule has 0 saturated carbocycles. The molecule has 0 bridgehead atoms. The van der Waals surface area contributed by atoms with E-state index in [1.54, 1.807) is 4.57 Å². The minimum absolute atomic E-state index is 0.0226. The summed E-state index contributed by atoms with van der Waals surface area (Å²) in [6, 6.07) is 8.13. The third-order valence-corrected chi connectivity index (χ3v) is 7.63. The predicted octanol–water partition coefficient (Wildman–Crippen LogP) is 5.18. The number of amides is 1. The van der Waals surface area contributed by atoms with Crippen LogP contribution in [0.3, 0.4) is 0 Å². The molecule has 0 unspecified atom stereocenters. The number of hydrogen-bond acceptors (Lipinski definition) is 6. The van der Waals surface area contributed by atoms with Gasteiger partial charge in [-0.15, -0.1) is 22.7 Å². The number of carbonyl (C=O) groups excluding carboxylic acids is 1. The lowest BCUT2D eigenvalue weighted by molar-refractivity contribution is 0.103. The second-order valence-corrected chi connectivity index (χ2v) is 9.75.